The molecular formula is C14H12ClN5O2. The zero-order valence-corrected chi connectivity index (χ0v) is 12.1. The molecule has 0 aliphatic rings. The molecule has 2 heterocycles. The molecule has 0 aliphatic heterocycles. The highest BCUT2D eigenvalue weighted by Gasteiger charge is 2.11. The van der Waals surface area contributed by atoms with Gasteiger partial charge in [-0.1, -0.05) is 17.7 Å². The number of fused-ring (bicyclic) bond motifs is 1. The molecule has 0 saturated heterocycles. The predicted octanol–water partition coefficient (Wildman–Crippen LogP) is 1.60. The number of rotatable bonds is 3. The smallest absolute Gasteiger partial charge is 0.270 e. The van der Waals surface area contributed by atoms with E-state index in [2.05, 4.69) is 15.4 Å². The van der Waals surface area contributed by atoms with Gasteiger partial charge in [-0.25, -0.2) is 9.50 Å². The van der Waals surface area contributed by atoms with E-state index in [1.807, 2.05) is 0 Å². The Hall–Kier alpha value is -2.80. The summed E-state index contributed by atoms with van der Waals surface area (Å²) in [6.07, 6.45) is 1.55. The summed E-state index contributed by atoms with van der Waals surface area (Å²) in [6, 6.07) is 7.85. The van der Waals surface area contributed by atoms with Crippen LogP contribution in [0.3, 0.4) is 0 Å². The summed E-state index contributed by atoms with van der Waals surface area (Å²) in [6.45, 7) is 0.257. The van der Waals surface area contributed by atoms with Crippen molar-refractivity contribution in [1.82, 2.24) is 19.9 Å². The van der Waals surface area contributed by atoms with Gasteiger partial charge in [-0.05, 0) is 17.7 Å². The molecule has 8 heteroatoms. The van der Waals surface area contributed by atoms with Crippen molar-refractivity contribution in [2.75, 3.05) is 5.73 Å². The number of nitrogens with two attached hydrogens (primary N) is 1. The standard InChI is InChI=1S/C14H12ClN5O2/c15-12-6-10(19-13-3-4-18-20(12)13)14(22)17-7-8-1-2-11(21)9(16)5-8/h1-6,21H,7,16H2,(H,17,22). The molecule has 1 amide bonds. The van der Waals surface area contributed by atoms with E-state index < -0.39 is 0 Å². The van der Waals surface area contributed by atoms with Gasteiger partial charge in [0.15, 0.2) is 5.65 Å². The fraction of sp³-hybridized carbons (Fsp3) is 0.0714. The van der Waals surface area contributed by atoms with E-state index in [9.17, 15) is 9.90 Å². The average molecular weight is 318 g/mol. The van der Waals surface area contributed by atoms with Gasteiger partial charge in [0.05, 0.1) is 11.9 Å². The van der Waals surface area contributed by atoms with E-state index >= 15 is 0 Å². The van der Waals surface area contributed by atoms with Crippen LogP contribution >= 0.6 is 11.6 Å². The maximum Gasteiger partial charge on any atom is 0.270 e. The van der Waals surface area contributed by atoms with Crippen LogP contribution in [0.5, 0.6) is 5.75 Å². The number of nitrogens with one attached hydrogen (secondary N) is 1. The van der Waals surface area contributed by atoms with Gasteiger partial charge in [-0.15, -0.1) is 0 Å². The van der Waals surface area contributed by atoms with Gasteiger partial charge >= 0.3 is 0 Å². The highest BCUT2D eigenvalue weighted by Crippen LogP contribution is 2.20. The molecule has 2 aromatic heterocycles. The molecule has 0 bridgehead atoms. The summed E-state index contributed by atoms with van der Waals surface area (Å²) in [7, 11) is 0. The summed E-state index contributed by atoms with van der Waals surface area (Å²) in [5.41, 5.74) is 7.32. The second-order valence-corrected chi connectivity index (χ2v) is 5.03. The quantitative estimate of drug-likeness (QED) is 0.386. The number of halogens is 1. The first-order valence-electron chi connectivity index (χ1n) is 6.40. The summed E-state index contributed by atoms with van der Waals surface area (Å²) < 4.78 is 1.43. The van der Waals surface area contributed by atoms with Crippen molar-refractivity contribution < 1.29 is 9.90 Å². The number of carbonyl (C=O) groups is 1. The highest BCUT2D eigenvalue weighted by atomic mass is 35.5. The van der Waals surface area contributed by atoms with Crippen LogP contribution in [0, 0.1) is 0 Å². The van der Waals surface area contributed by atoms with Crippen LogP contribution in [-0.4, -0.2) is 25.6 Å². The Balaban J connectivity index is 1.76. The van der Waals surface area contributed by atoms with Gasteiger partial charge in [0.25, 0.3) is 5.91 Å². The van der Waals surface area contributed by atoms with Crippen LogP contribution in [-0.2, 0) is 6.54 Å². The van der Waals surface area contributed by atoms with E-state index in [-0.39, 0.29) is 29.6 Å². The van der Waals surface area contributed by atoms with Gasteiger partial charge in [0.2, 0.25) is 0 Å². The SMILES string of the molecule is Nc1cc(CNC(=O)c2cc(Cl)n3nccc3n2)ccc1O. The summed E-state index contributed by atoms with van der Waals surface area (Å²) in [5.74, 6) is -0.355. The molecule has 22 heavy (non-hydrogen) atoms. The fourth-order valence-electron chi connectivity index (χ4n) is 1.98. The number of phenols is 1. The van der Waals surface area contributed by atoms with Crippen molar-refractivity contribution >= 4 is 28.8 Å². The van der Waals surface area contributed by atoms with Crippen LogP contribution in [0.25, 0.3) is 5.65 Å². The number of anilines is 1. The Bertz CT molecular complexity index is 862. The largest absolute Gasteiger partial charge is 0.506 e. The van der Waals surface area contributed by atoms with Crippen LogP contribution in [0.15, 0.2) is 36.5 Å². The molecule has 4 N–H and O–H groups in total. The number of phenolic OH excluding ortho intramolecular Hbond substituents is 1. The van der Waals surface area contributed by atoms with Crippen LogP contribution in [0.1, 0.15) is 16.1 Å². The maximum atomic E-state index is 12.1. The zero-order valence-electron chi connectivity index (χ0n) is 11.3. The molecule has 1 aromatic carbocycles. The van der Waals surface area contributed by atoms with Gasteiger partial charge in [0.1, 0.15) is 16.6 Å². The fourth-order valence-corrected chi connectivity index (χ4v) is 2.21. The lowest BCUT2D eigenvalue weighted by molar-refractivity contribution is 0.0946. The molecule has 7 nitrogen and oxygen atoms in total. The minimum Gasteiger partial charge on any atom is -0.506 e. The number of aromatic hydroxyl groups is 1. The van der Waals surface area contributed by atoms with Gasteiger partial charge in [0, 0.05) is 18.7 Å². The van der Waals surface area contributed by atoms with Crippen LogP contribution in [0.4, 0.5) is 5.69 Å². The number of hydrogen-bond donors (Lipinski definition) is 3. The predicted molar refractivity (Wildman–Crippen MR) is 81.7 cm³/mol. The maximum absolute atomic E-state index is 12.1. The number of amides is 1. The topological polar surface area (TPSA) is 106 Å². The Labute approximate surface area is 130 Å². The van der Waals surface area contributed by atoms with Crippen LogP contribution < -0.4 is 11.1 Å². The Morgan fingerprint density at radius 1 is 1.36 bits per heavy atom. The molecule has 0 aliphatic carbocycles. The summed E-state index contributed by atoms with van der Waals surface area (Å²) in [5, 5.41) is 16.4. The first kappa shape index (κ1) is 14.2. The molecular weight excluding hydrogens is 306 g/mol. The summed E-state index contributed by atoms with van der Waals surface area (Å²) >= 11 is 6.04. The molecule has 0 unspecified atom stereocenters. The van der Waals surface area contributed by atoms with Crippen LogP contribution in [0.2, 0.25) is 5.15 Å². The van der Waals surface area contributed by atoms with E-state index in [1.165, 1.54) is 16.6 Å². The molecule has 0 radical (unpaired) electrons. The van der Waals surface area contributed by atoms with E-state index in [0.717, 1.165) is 5.56 Å². The zero-order chi connectivity index (χ0) is 15.7. The van der Waals surface area contributed by atoms with Gasteiger partial charge < -0.3 is 16.2 Å². The van der Waals surface area contributed by atoms with Gasteiger partial charge in [-0.2, -0.15) is 5.10 Å². The Morgan fingerprint density at radius 3 is 2.95 bits per heavy atom. The molecule has 3 rings (SSSR count). The normalized spacial score (nSPS) is 10.8. The van der Waals surface area contributed by atoms with E-state index in [0.29, 0.717) is 10.8 Å². The van der Waals surface area contributed by atoms with Crippen molar-refractivity contribution in [3.8, 4) is 5.75 Å². The van der Waals surface area contributed by atoms with Crippen molar-refractivity contribution in [1.29, 1.82) is 0 Å². The van der Waals surface area contributed by atoms with E-state index in [1.54, 1.807) is 24.4 Å². The number of nitrogen functional groups attached to an aromatic ring is 1. The monoisotopic (exact) mass is 317 g/mol. The molecule has 3 aromatic rings. The number of aromatic nitrogens is 3. The number of nitrogens with zero attached hydrogens (tertiary/aromatic N) is 3. The number of carbonyl (C=O) groups excluding carboxylic acids is 1. The number of hydrogen-bond acceptors (Lipinski definition) is 5. The second-order valence-electron chi connectivity index (χ2n) is 4.64. The summed E-state index contributed by atoms with van der Waals surface area (Å²) in [4.78, 5) is 16.3. The molecule has 0 spiro atoms. The highest BCUT2D eigenvalue weighted by molar-refractivity contribution is 6.30. The molecule has 0 saturated carbocycles. The number of benzene rings is 1. The van der Waals surface area contributed by atoms with Crippen molar-refractivity contribution in [3.05, 3.63) is 52.9 Å². The Kier molecular flexibility index (Phi) is 3.56. The van der Waals surface area contributed by atoms with E-state index in [4.69, 9.17) is 17.3 Å². The van der Waals surface area contributed by atoms with Crippen molar-refractivity contribution in [2.45, 2.75) is 6.54 Å². The second kappa shape index (κ2) is 5.53. The molecule has 0 atom stereocenters. The minimum absolute atomic E-state index is 0.00899. The van der Waals surface area contributed by atoms with Gasteiger partial charge in [-0.3, -0.25) is 4.79 Å². The van der Waals surface area contributed by atoms with Crippen molar-refractivity contribution in [3.63, 3.8) is 0 Å². The third kappa shape index (κ3) is 2.66. The molecule has 0 fully saturated rings. The average Bonchev–Trinajstić information content (AvgIpc) is 2.97. The lowest BCUT2D eigenvalue weighted by Crippen LogP contribution is -2.24. The first-order chi connectivity index (χ1) is 10.5. The lowest BCUT2D eigenvalue weighted by Gasteiger charge is -2.07. The van der Waals surface area contributed by atoms with Crippen molar-refractivity contribution in [2.24, 2.45) is 0 Å². The molecule has 112 valence electrons. The first-order valence-corrected chi connectivity index (χ1v) is 6.78. The Morgan fingerprint density at radius 2 is 2.18 bits per heavy atom. The lowest BCUT2D eigenvalue weighted by atomic mass is 10.2. The third-order valence-corrected chi connectivity index (χ3v) is 3.36. The minimum atomic E-state index is -0.364. The third-order valence-electron chi connectivity index (χ3n) is 3.09.